The van der Waals surface area contributed by atoms with Crippen molar-refractivity contribution in [2.75, 3.05) is 6.54 Å². The van der Waals surface area contributed by atoms with Crippen molar-refractivity contribution in [3.05, 3.63) is 21.9 Å². The predicted octanol–water partition coefficient (Wildman–Crippen LogP) is 2.79. The highest BCUT2D eigenvalue weighted by molar-refractivity contribution is 7.12. The molecule has 0 bridgehead atoms. The SMILES string of the molecule is CC(O)CC(C)NC(CN)c1ccc(C(C)(C)C)s1. The van der Waals surface area contributed by atoms with Crippen molar-refractivity contribution in [3.63, 3.8) is 0 Å². The van der Waals surface area contributed by atoms with E-state index in [9.17, 15) is 5.11 Å². The molecule has 0 aliphatic heterocycles. The standard InChI is InChI=1S/C15H28N2OS/c1-10(8-11(2)18)17-12(9-16)13-6-7-14(19-13)15(3,4)5/h6-7,10-12,17-18H,8-9,16H2,1-5H3. The largest absolute Gasteiger partial charge is 0.393 e. The molecule has 3 unspecified atom stereocenters. The number of nitrogens with one attached hydrogen (secondary N) is 1. The van der Waals surface area contributed by atoms with E-state index in [2.05, 4.69) is 45.1 Å². The van der Waals surface area contributed by atoms with E-state index in [1.54, 1.807) is 0 Å². The van der Waals surface area contributed by atoms with Crippen molar-refractivity contribution in [1.29, 1.82) is 0 Å². The van der Waals surface area contributed by atoms with E-state index in [0.29, 0.717) is 6.54 Å². The number of aliphatic hydroxyl groups excluding tert-OH is 1. The molecule has 4 heteroatoms. The average Bonchev–Trinajstić information content (AvgIpc) is 2.73. The Kier molecular flexibility index (Phi) is 5.99. The lowest BCUT2D eigenvalue weighted by atomic mass is 9.95. The summed E-state index contributed by atoms with van der Waals surface area (Å²) >= 11 is 1.83. The van der Waals surface area contributed by atoms with E-state index >= 15 is 0 Å². The van der Waals surface area contributed by atoms with Crippen LogP contribution in [0.2, 0.25) is 0 Å². The van der Waals surface area contributed by atoms with Crippen LogP contribution in [-0.2, 0) is 5.41 Å². The molecule has 3 nitrogen and oxygen atoms in total. The van der Waals surface area contributed by atoms with Gasteiger partial charge in [0.2, 0.25) is 0 Å². The number of aliphatic hydroxyl groups is 1. The Balaban J connectivity index is 2.72. The van der Waals surface area contributed by atoms with E-state index in [0.717, 1.165) is 6.42 Å². The minimum absolute atomic E-state index is 0.176. The number of thiophene rings is 1. The first-order valence-electron chi connectivity index (χ1n) is 6.98. The van der Waals surface area contributed by atoms with Crippen LogP contribution >= 0.6 is 11.3 Å². The Hall–Kier alpha value is -0.420. The second kappa shape index (κ2) is 6.84. The van der Waals surface area contributed by atoms with Gasteiger partial charge in [-0.1, -0.05) is 20.8 Å². The van der Waals surface area contributed by atoms with Crippen LogP contribution in [0, 0.1) is 0 Å². The van der Waals surface area contributed by atoms with E-state index in [4.69, 9.17) is 5.73 Å². The molecule has 0 saturated heterocycles. The summed E-state index contributed by atoms with van der Waals surface area (Å²) in [5, 5.41) is 12.9. The van der Waals surface area contributed by atoms with Gasteiger partial charge in [-0.2, -0.15) is 0 Å². The normalized spacial score (nSPS) is 17.2. The van der Waals surface area contributed by atoms with E-state index in [1.807, 2.05) is 18.3 Å². The fourth-order valence-corrected chi connectivity index (χ4v) is 3.27. The number of hydrogen-bond acceptors (Lipinski definition) is 4. The summed E-state index contributed by atoms with van der Waals surface area (Å²) in [5.74, 6) is 0. The maximum absolute atomic E-state index is 9.42. The molecule has 0 aliphatic rings. The van der Waals surface area contributed by atoms with Gasteiger partial charge in [0, 0.05) is 22.3 Å². The first kappa shape index (κ1) is 16.6. The van der Waals surface area contributed by atoms with Crippen molar-refractivity contribution in [1.82, 2.24) is 5.32 Å². The molecule has 110 valence electrons. The van der Waals surface area contributed by atoms with Crippen molar-refractivity contribution in [2.24, 2.45) is 5.73 Å². The van der Waals surface area contributed by atoms with Crippen LogP contribution in [0.15, 0.2) is 12.1 Å². The summed E-state index contributed by atoms with van der Waals surface area (Å²) in [4.78, 5) is 2.66. The third-order valence-corrected chi connectivity index (χ3v) is 4.75. The molecule has 1 aromatic rings. The van der Waals surface area contributed by atoms with Crippen LogP contribution < -0.4 is 11.1 Å². The van der Waals surface area contributed by atoms with E-state index in [-0.39, 0.29) is 23.6 Å². The summed E-state index contributed by atoms with van der Waals surface area (Å²) in [5.41, 5.74) is 6.07. The van der Waals surface area contributed by atoms with Crippen LogP contribution in [0.1, 0.15) is 56.8 Å². The Morgan fingerprint density at radius 2 is 1.95 bits per heavy atom. The third kappa shape index (κ3) is 5.22. The van der Waals surface area contributed by atoms with Crippen molar-refractivity contribution in [2.45, 2.75) is 64.6 Å². The lowest BCUT2D eigenvalue weighted by Gasteiger charge is -2.22. The topological polar surface area (TPSA) is 58.3 Å². The second-order valence-corrected chi connectivity index (χ2v) is 7.51. The molecular formula is C15H28N2OS. The second-order valence-electron chi connectivity index (χ2n) is 6.39. The highest BCUT2D eigenvalue weighted by Crippen LogP contribution is 2.32. The van der Waals surface area contributed by atoms with Crippen LogP contribution in [0.25, 0.3) is 0 Å². The maximum Gasteiger partial charge on any atom is 0.0541 e. The molecule has 0 amide bonds. The molecule has 1 rings (SSSR count). The first-order valence-corrected chi connectivity index (χ1v) is 7.80. The van der Waals surface area contributed by atoms with Gasteiger partial charge in [-0.05, 0) is 37.8 Å². The zero-order valence-electron chi connectivity index (χ0n) is 12.7. The Morgan fingerprint density at radius 1 is 1.32 bits per heavy atom. The van der Waals surface area contributed by atoms with Crippen molar-refractivity contribution < 1.29 is 5.11 Å². The summed E-state index contributed by atoms with van der Waals surface area (Å²) in [6, 6.07) is 4.80. The molecule has 19 heavy (non-hydrogen) atoms. The zero-order valence-corrected chi connectivity index (χ0v) is 13.6. The van der Waals surface area contributed by atoms with Gasteiger partial charge in [0.05, 0.1) is 12.1 Å². The number of rotatable bonds is 6. The zero-order chi connectivity index (χ0) is 14.6. The molecule has 3 atom stereocenters. The summed E-state index contributed by atoms with van der Waals surface area (Å²) in [6.07, 6.45) is 0.461. The van der Waals surface area contributed by atoms with Gasteiger partial charge in [0.25, 0.3) is 0 Å². The molecule has 1 heterocycles. The van der Waals surface area contributed by atoms with Crippen LogP contribution in [-0.4, -0.2) is 23.8 Å². The Morgan fingerprint density at radius 3 is 2.37 bits per heavy atom. The summed E-state index contributed by atoms with van der Waals surface area (Å²) in [6.45, 7) is 11.2. The van der Waals surface area contributed by atoms with Crippen LogP contribution in [0.5, 0.6) is 0 Å². The molecule has 0 saturated carbocycles. The average molecular weight is 284 g/mol. The lowest BCUT2D eigenvalue weighted by Crippen LogP contribution is -2.36. The van der Waals surface area contributed by atoms with E-state index in [1.165, 1.54) is 9.75 Å². The predicted molar refractivity (Wildman–Crippen MR) is 83.7 cm³/mol. The maximum atomic E-state index is 9.42. The highest BCUT2D eigenvalue weighted by Gasteiger charge is 2.20. The number of hydrogen-bond donors (Lipinski definition) is 3. The summed E-state index contributed by atoms with van der Waals surface area (Å²) in [7, 11) is 0. The minimum Gasteiger partial charge on any atom is -0.393 e. The van der Waals surface area contributed by atoms with Gasteiger partial charge >= 0.3 is 0 Å². The molecule has 0 radical (unpaired) electrons. The van der Waals surface area contributed by atoms with Crippen LogP contribution in [0.4, 0.5) is 0 Å². The van der Waals surface area contributed by atoms with E-state index < -0.39 is 0 Å². The lowest BCUT2D eigenvalue weighted by molar-refractivity contribution is 0.168. The number of nitrogens with two attached hydrogens (primary N) is 1. The van der Waals surface area contributed by atoms with Crippen LogP contribution in [0.3, 0.4) is 0 Å². The fourth-order valence-electron chi connectivity index (χ4n) is 2.13. The van der Waals surface area contributed by atoms with Gasteiger partial charge in [0.1, 0.15) is 0 Å². The quantitative estimate of drug-likeness (QED) is 0.753. The smallest absolute Gasteiger partial charge is 0.0541 e. The molecule has 0 fully saturated rings. The first-order chi connectivity index (χ1) is 8.74. The highest BCUT2D eigenvalue weighted by atomic mass is 32.1. The van der Waals surface area contributed by atoms with Crippen molar-refractivity contribution >= 4 is 11.3 Å². The van der Waals surface area contributed by atoms with Gasteiger partial charge < -0.3 is 16.2 Å². The van der Waals surface area contributed by atoms with Gasteiger partial charge in [-0.3, -0.25) is 0 Å². The molecule has 0 aliphatic carbocycles. The Labute approximate surface area is 121 Å². The minimum atomic E-state index is -0.283. The van der Waals surface area contributed by atoms with Crippen molar-refractivity contribution in [3.8, 4) is 0 Å². The molecular weight excluding hydrogens is 256 g/mol. The monoisotopic (exact) mass is 284 g/mol. The van der Waals surface area contributed by atoms with Gasteiger partial charge in [0.15, 0.2) is 0 Å². The molecule has 0 spiro atoms. The molecule has 4 N–H and O–H groups in total. The fraction of sp³-hybridized carbons (Fsp3) is 0.733. The molecule has 1 aromatic heterocycles. The summed E-state index contributed by atoms with van der Waals surface area (Å²) < 4.78 is 0. The molecule has 0 aromatic carbocycles. The Bertz CT molecular complexity index is 382. The van der Waals surface area contributed by atoms with Gasteiger partial charge in [-0.15, -0.1) is 11.3 Å². The third-order valence-electron chi connectivity index (χ3n) is 3.13. The van der Waals surface area contributed by atoms with Gasteiger partial charge in [-0.25, -0.2) is 0 Å².